The van der Waals surface area contributed by atoms with Gasteiger partial charge in [0.25, 0.3) is 0 Å². The standard InChI is InChI=1S/C14H12FN3O/c15-5-10-2-1-3-11(4-10)13-8-18-7-12(9-19)17-14(18)6-16-13/h1-4,6-8,19H,5,9H2. The van der Waals surface area contributed by atoms with Crippen LogP contribution in [-0.2, 0) is 13.3 Å². The van der Waals surface area contributed by atoms with Crippen molar-refractivity contribution >= 4 is 5.65 Å². The van der Waals surface area contributed by atoms with E-state index in [2.05, 4.69) is 9.97 Å². The maximum atomic E-state index is 12.7. The second kappa shape index (κ2) is 4.78. The second-order valence-electron chi connectivity index (χ2n) is 4.26. The van der Waals surface area contributed by atoms with Crippen LogP contribution >= 0.6 is 0 Å². The first-order chi connectivity index (χ1) is 9.30. The molecular formula is C14H12FN3O. The second-order valence-corrected chi connectivity index (χ2v) is 4.26. The smallest absolute Gasteiger partial charge is 0.155 e. The lowest BCUT2D eigenvalue weighted by molar-refractivity contribution is 0.277. The van der Waals surface area contributed by atoms with Gasteiger partial charge < -0.3 is 9.51 Å². The van der Waals surface area contributed by atoms with Gasteiger partial charge >= 0.3 is 0 Å². The maximum absolute atomic E-state index is 12.7. The van der Waals surface area contributed by atoms with Crippen LogP contribution in [0.15, 0.2) is 42.9 Å². The Balaban J connectivity index is 2.08. The fourth-order valence-corrected chi connectivity index (χ4v) is 1.99. The van der Waals surface area contributed by atoms with Crippen molar-refractivity contribution in [1.82, 2.24) is 14.4 Å². The van der Waals surface area contributed by atoms with Crippen molar-refractivity contribution in [2.24, 2.45) is 0 Å². The normalized spacial score (nSPS) is 11.1. The Labute approximate surface area is 109 Å². The van der Waals surface area contributed by atoms with Gasteiger partial charge in [-0.25, -0.2) is 9.37 Å². The lowest BCUT2D eigenvalue weighted by atomic mass is 10.1. The van der Waals surface area contributed by atoms with Gasteiger partial charge in [0.05, 0.1) is 24.2 Å². The van der Waals surface area contributed by atoms with Gasteiger partial charge in [-0.1, -0.05) is 18.2 Å². The molecular weight excluding hydrogens is 245 g/mol. The van der Waals surface area contributed by atoms with Crippen molar-refractivity contribution in [3.63, 3.8) is 0 Å². The number of benzene rings is 1. The number of aliphatic hydroxyl groups is 1. The highest BCUT2D eigenvalue weighted by atomic mass is 19.1. The SMILES string of the molecule is OCc1cn2cc(-c3cccc(CF)c3)ncc2n1. The zero-order chi connectivity index (χ0) is 13.2. The number of nitrogens with zero attached hydrogens (tertiary/aromatic N) is 3. The van der Waals surface area contributed by atoms with Gasteiger partial charge in [0.1, 0.15) is 6.67 Å². The highest BCUT2D eigenvalue weighted by Crippen LogP contribution is 2.19. The Morgan fingerprint density at radius 3 is 2.95 bits per heavy atom. The van der Waals surface area contributed by atoms with Crippen molar-refractivity contribution in [3.8, 4) is 11.3 Å². The van der Waals surface area contributed by atoms with Crippen LogP contribution in [0.4, 0.5) is 4.39 Å². The summed E-state index contributed by atoms with van der Waals surface area (Å²) in [6, 6.07) is 7.21. The fourth-order valence-electron chi connectivity index (χ4n) is 1.99. The summed E-state index contributed by atoms with van der Waals surface area (Å²) in [5, 5.41) is 9.06. The summed E-state index contributed by atoms with van der Waals surface area (Å²) in [6.07, 6.45) is 5.20. The van der Waals surface area contributed by atoms with Crippen molar-refractivity contribution in [3.05, 3.63) is 54.1 Å². The van der Waals surface area contributed by atoms with Gasteiger partial charge in [0, 0.05) is 18.0 Å². The van der Waals surface area contributed by atoms with Crippen molar-refractivity contribution in [1.29, 1.82) is 0 Å². The number of fused-ring (bicyclic) bond motifs is 1. The number of rotatable bonds is 3. The average Bonchev–Trinajstić information content (AvgIpc) is 2.89. The summed E-state index contributed by atoms with van der Waals surface area (Å²) < 4.78 is 14.5. The number of alkyl halides is 1. The van der Waals surface area contributed by atoms with E-state index in [1.807, 2.05) is 18.3 Å². The van der Waals surface area contributed by atoms with E-state index in [9.17, 15) is 4.39 Å². The first-order valence-corrected chi connectivity index (χ1v) is 5.90. The summed E-state index contributed by atoms with van der Waals surface area (Å²) in [6.45, 7) is -0.593. The first-order valence-electron chi connectivity index (χ1n) is 5.90. The molecule has 0 fully saturated rings. The van der Waals surface area contributed by atoms with Crippen LogP contribution in [0.2, 0.25) is 0 Å². The zero-order valence-corrected chi connectivity index (χ0v) is 10.1. The topological polar surface area (TPSA) is 50.4 Å². The van der Waals surface area contributed by atoms with E-state index in [0.29, 0.717) is 16.9 Å². The molecule has 1 aromatic carbocycles. The van der Waals surface area contributed by atoms with Crippen LogP contribution in [0, 0.1) is 0 Å². The zero-order valence-electron chi connectivity index (χ0n) is 10.1. The van der Waals surface area contributed by atoms with Crippen molar-refractivity contribution in [2.45, 2.75) is 13.3 Å². The molecule has 0 amide bonds. The molecule has 5 heteroatoms. The predicted octanol–water partition coefficient (Wildman–Crippen LogP) is 2.36. The van der Waals surface area contributed by atoms with Gasteiger partial charge in [0.15, 0.2) is 5.65 Å². The van der Waals surface area contributed by atoms with Crippen LogP contribution in [0.25, 0.3) is 16.9 Å². The van der Waals surface area contributed by atoms with Gasteiger partial charge in [-0.3, -0.25) is 4.98 Å². The number of hydrogen-bond acceptors (Lipinski definition) is 3. The van der Waals surface area contributed by atoms with E-state index < -0.39 is 6.67 Å². The number of halogens is 1. The van der Waals surface area contributed by atoms with E-state index in [1.54, 1.807) is 28.9 Å². The van der Waals surface area contributed by atoms with Crippen LogP contribution in [0.3, 0.4) is 0 Å². The molecule has 4 nitrogen and oxygen atoms in total. The number of aromatic nitrogens is 3. The minimum absolute atomic E-state index is 0.103. The van der Waals surface area contributed by atoms with Crippen LogP contribution in [0.1, 0.15) is 11.3 Å². The van der Waals surface area contributed by atoms with Crippen LogP contribution in [-0.4, -0.2) is 19.5 Å². The summed E-state index contributed by atoms with van der Waals surface area (Å²) in [7, 11) is 0. The van der Waals surface area contributed by atoms with Crippen molar-refractivity contribution in [2.75, 3.05) is 0 Å². The first kappa shape index (κ1) is 11.8. The van der Waals surface area contributed by atoms with E-state index in [1.165, 1.54) is 0 Å². The van der Waals surface area contributed by atoms with E-state index in [0.717, 1.165) is 11.3 Å². The minimum atomic E-state index is -0.490. The molecule has 96 valence electrons. The minimum Gasteiger partial charge on any atom is -0.390 e. The summed E-state index contributed by atoms with van der Waals surface area (Å²) in [5.41, 5.74) is 3.49. The fraction of sp³-hybridized carbons (Fsp3) is 0.143. The molecule has 0 atom stereocenters. The van der Waals surface area contributed by atoms with E-state index in [4.69, 9.17) is 5.11 Å². The predicted molar refractivity (Wildman–Crippen MR) is 69.2 cm³/mol. The maximum Gasteiger partial charge on any atom is 0.155 e. The third-order valence-corrected chi connectivity index (χ3v) is 2.93. The number of imidazole rings is 1. The molecule has 0 spiro atoms. The van der Waals surface area contributed by atoms with Gasteiger partial charge in [-0.05, 0) is 11.6 Å². The van der Waals surface area contributed by atoms with E-state index >= 15 is 0 Å². The molecule has 19 heavy (non-hydrogen) atoms. The molecule has 2 heterocycles. The number of aliphatic hydroxyl groups excluding tert-OH is 1. The highest BCUT2D eigenvalue weighted by molar-refractivity contribution is 5.60. The van der Waals surface area contributed by atoms with Gasteiger partial charge in [0.2, 0.25) is 0 Å². The summed E-state index contributed by atoms with van der Waals surface area (Å²) in [4.78, 5) is 8.50. The lowest BCUT2D eigenvalue weighted by Crippen LogP contribution is -1.90. The van der Waals surface area contributed by atoms with Crippen LogP contribution < -0.4 is 0 Å². The third kappa shape index (κ3) is 2.20. The molecule has 3 aromatic rings. The quantitative estimate of drug-likeness (QED) is 0.783. The monoisotopic (exact) mass is 257 g/mol. The Hall–Kier alpha value is -2.27. The lowest BCUT2D eigenvalue weighted by Gasteiger charge is -2.03. The molecule has 0 saturated carbocycles. The molecule has 0 bridgehead atoms. The Morgan fingerprint density at radius 1 is 1.26 bits per heavy atom. The molecule has 0 aliphatic carbocycles. The average molecular weight is 257 g/mol. The molecule has 0 saturated heterocycles. The van der Waals surface area contributed by atoms with Gasteiger partial charge in [-0.15, -0.1) is 0 Å². The number of hydrogen-bond donors (Lipinski definition) is 1. The molecule has 0 unspecified atom stereocenters. The Morgan fingerprint density at radius 2 is 2.16 bits per heavy atom. The molecule has 0 aliphatic heterocycles. The van der Waals surface area contributed by atoms with E-state index in [-0.39, 0.29) is 6.61 Å². The molecule has 0 aliphatic rings. The molecule has 1 N–H and O–H groups in total. The van der Waals surface area contributed by atoms with Crippen LogP contribution in [0.5, 0.6) is 0 Å². The van der Waals surface area contributed by atoms with Gasteiger partial charge in [-0.2, -0.15) is 0 Å². The Kier molecular flexibility index (Phi) is 2.97. The largest absolute Gasteiger partial charge is 0.390 e. The third-order valence-electron chi connectivity index (χ3n) is 2.93. The summed E-state index contributed by atoms with van der Waals surface area (Å²) in [5.74, 6) is 0. The Bertz CT molecular complexity index is 724. The summed E-state index contributed by atoms with van der Waals surface area (Å²) >= 11 is 0. The molecule has 0 radical (unpaired) electrons. The molecule has 2 aromatic heterocycles. The molecule has 3 rings (SSSR count). The van der Waals surface area contributed by atoms with Crippen molar-refractivity contribution < 1.29 is 9.50 Å². The highest BCUT2D eigenvalue weighted by Gasteiger charge is 2.05.